The Hall–Kier alpha value is -0.900. The number of thiophene rings is 1. The van der Waals surface area contributed by atoms with Crippen LogP contribution in [0.1, 0.15) is 12.0 Å². The van der Waals surface area contributed by atoms with Gasteiger partial charge in [0.1, 0.15) is 0 Å². The Kier molecular flexibility index (Phi) is 4.34. The smallest absolute Gasteiger partial charge is 0.0506 e. The third kappa shape index (κ3) is 2.82. The Morgan fingerprint density at radius 3 is 3.00 bits per heavy atom. The molecule has 0 bridgehead atoms. The van der Waals surface area contributed by atoms with Gasteiger partial charge in [-0.05, 0) is 35.2 Å². The monoisotopic (exact) mass is 236 g/mol. The Bertz CT molecular complexity index is 436. The highest BCUT2D eigenvalue weighted by molar-refractivity contribution is 7.17. The number of aliphatic hydroxyl groups is 1. The molecule has 1 heterocycles. The molecule has 0 spiro atoms. The van der Waals surface area contributed by atoms with Crippen molar-refractivity contribution in [3.8, 4) is 0 Å². The lowest BCUT2D eigenvalue weighted by molar-refractivity contribution is 0.119. The average molecular weight is 236 g/mol. The van der Waals surface area contributed by atoms with E-state index >= 15 is 0 Å². The first-order valence-corrected chi connectivity index (χ1v) is 6.43. The molecule has 2 rings (SSSR count). The quantitative estimate of drug-likeness (QED) is 0.781. The van der Waals surface area contributed by atoms with Crippen molar-refractivity contribution < 1.29 is 9.84 Å². The molecule has 2 nitrogen and oxygen atoms in total. The second kappa shape index (κ2) is 5.99. The van der Waals surface area contributed by atoms with Gasteiger partial charge in [-0.2, -0.15) is 0 Å². The highest BCUT2D eigenvalue weighted by Crippen LogP contribution is 2.24. The maximum Gasteiger partial charge on any atom is 0.0506 e. The minimum atomic E-state index is 0.209. The average Bonchev–Trinajstić information content (AvgIpc) is 2.77. The van der Waals surface area contributed by atoms with E-state index in [2.05, 4.69) is 29.6 Å². The summed E-state index contributed by atoms with van der Waals surface area (Å²) in [5, 5.41) is 12.1. The van der Waals surface area contributed by atoms with Crippen molar-refractivity contribution >= 4 is 21.4 Å². The van der Waals surface area contributed by atoms with Gasteiger partial charge in [0.05, 0.1) is 6.61 Å². The van der Waals surface area contributed by atoms with E-state index in [0.717, 1.165) is 19.4 Å². The summed E-state index contributed by atoms with van der Waals surface area (Å²) in [5.74, 6) is 0. The summed E-state index contributed by atoms with van der Waals surface area (Å²) in [6.45, 7) is 1.59. The molecular weight excluding hydrogens is 220 g/mol. The molecule has 0 unspecified atom stereocenters. The van der Waals surface area contributed by atoms with E-state index in [1.807, 2.05) is 0 Å². The highest BCUT2D eigenvalue weighted by atomic mass is 32.1. The van der Waals surface area contributed by atoms with E-state index in [0.29, 0.717) is 6.61 Å². The van der Waals surface area contributed by atoms with E-state index < -0.39 is 0 Å². The van der Waals surface area contributed by atoms with Crippen LogP contribution in [0.4, 0.5) is 0 Å². The zero-order chi connectivity index (χ0) is 11.2. The van der Waals surface area contributed by atoms with Gasteiger partial charge in [0.15, 0.2) is 0 Å². The van der Waals surface area contributed by atoms with Gasteiger partial charge in [-0.25, -0.2) is 0 Å². The van der Waals surface area contributed by atoms with Crippen molar-refractivity contribution in [1.82, 2.24) is 0 Å². The van der Waals surface area contributed by atoms with Crippen LogP contribution in [0.5, 0.6) is 0 Å². The molecule has 0 fully saturated rings. The standard InChI is InChI=1S/C13H16O2S/c14-7-2-8-15-9-5-11-3-1-4-12-6-10-16-13(11)12/h1,3-4,6,10,14H,2,5,7-9H2. The van der Waals surface area contributed by atoms with E-state index in [9.17, 15) is 0 Å². The minimum absolute atomic E-state index is 0.209. The van der Waals surface area contributed by atoms with Crippen LogP contribution in [0.2, 0.25) is 0 Å². The van der Waals surface area contributed by atoms with Crippen LogP contribution in [0.25, 0.3) is 10.1 Å². The summed E-state index contributed by atoms with van der Waals surface area (Å²) in [7, 11) is 0. The molecule has 2 aromatic rings. The van der Waals surface area contributed by atoms with E-state index in [1.54, 1.807) is 11.3 Å². The number of hydrogen-bond acceptors (Lipinski definition) is 3. The van der Waals surface area contributed by atoms with Crippen LogP contribution >= 0.6 is 11.3 Å². The predicted molar refractivity (Wildman–Crippen MR) is 68.1 cm³/mol. The van der Waals surface area contributed by atoms with E-state index in [1.165, 1.54) is 15.6 Å². The van der Waals surface area contributed by atoms with Gasteiger partial charge in [0.25, 0.3) is 0 Å². The van der Waals surface area contributed by atoms with E-state index in [-0.39, 0.29) is 6.61 Å². The second-order valence-corrected chi connectivity index (χ2v) is 4.61. The van der Waals surface area contributed by atoms with Gasteiger partial charge < -0.3 is 9.84 Å². The van der Waals surface area contributed by atoms with Crippen LogP contribution in [-0.4, -0.2) is 24.9 Å². The van der Waals surface area contributed by atoms with E-state index in [4.69, 9.17) is 9.84 Å². The molecule has 1 aromatic carbocycles. The number of rotatable bonds is 6. The van der Waals surface area contributed by atoms with Crippen molar-refractivity contribution in [2.75, 3.05) is 19.8 Å². The number of hydrogen-bond donors (Lipinski definition) is 1. The first-order valence-electron chi connectivity index (χ1n) is 5.55. The maximum absolute atomic E-state index is 8.62. The van der Waals surface area contributed by atoms with Gasteiger partial charge in [-0.3, -0.25) is 0 Å². The molecule has 0 amide bonds. The van der Waals surface area contributed by atoms with Crippen LogP contribution in [0.3, 0.4) is 0 Å². The summed E-state index contributed by atoms with van der Waals surface area (Å²) >= 11 is 1.79. The van der Waals surface area contributed by atoms with Gasteiger partial charge in [0, 0.05) is 17.9 Å². The molecule has 1 aromatic heterocycles. The van der Waals surface area contributed by atoms with Gasteiger partial charge in [0.2, 0.25) is 0 Å². The van der Waals surface area contributed by atoms with Crippen molar-refractivity contribution in [3.63, 3.8) is 0 Å². The number of aliphatic hydroxyl groups excluding tert-OH is 1. The summed E-state index contributed by atoms with van der Waals surface area (Å²) in [4.78, 5) is 0. The normalized spacial score (nSPS) is 11.1. The largest absolute Gasteiger partial charge is 0.396 e. The van der Waals surface area contributed by atoms with Crippen LogP contribution in [0, 0.1) is 0 Å². The molecule has 16 heavy (non-hydrogen) atoms. The maximum atomic E-state index is 8.62. The Morgan fingerprint density at radius 2 is 2.12 bits per heavy atom. The molecule has 0 radical (unpaired) electrons. The summed E-state index contributed by atoms with van der Waals surface area (Å²) in [5.41, 5.74) is 1.36. The molecule has 1 N–H and O–H groups in total. The lowest BCUT2D eigenvalue weighted by atomic mass is 10.1. The van der Waals surface area contributed by atoms with Gasteiger partial charge >= 0.3 is 0 Å². The lowest BCUT2D eigenvalue weighted by Crippen LogP contribution is -2.01. The fraction of sp³-hybridized carbons (Fsp3) is 0.385. The van der Waals surface area contributed by atoms with Crippen molar-refractivity contribution in [2.24, 2.45) is 0 Å². The minimum Gasteiger partial charge on any atom is -0.396 e. The fourth-order valence-corrected chi connectivity index (χ4v) is 2.65. The molecule has 0 aliphatic carbocycles. The first kappa shape index (κ1) is 11.6. The fourth-order valence-electron chi connectivity index (χ4n) is 1.70. The Labute approximate surface area is 99.5 Å². The molecule has 0 saturated heterocycles. The third-order valence-electron chi connectivity index (χ3n) is 2.52. The van der Waals surface area contributed by atoms with Gasteiger partial charge in [-0.1, -0.05) is 18.2 Å². The molecule has 86 valence electrons. The number of fused-ring (bicyclic) bond motifs is 1. The zero-order valence-electron chi connectivity index (χ0n) is 9.19. The summed E-state index contributed by atoms with van der Waals surface area (Å²) in [6, 6.07) is 8.55. The topological polar surface area (TPSA) is 29.5 Å². The van der Waals surface area contributed by atoms with Crippen LogP contribution < -0.4 is 0 Å². The lowest BCUT2D eigenvalue weighted by Gasteiger charge is -2.04. The number of ether oxygens (including phenoxy) is 1. The van der Waals surface area contributed by atoms with Crippen LogP contribution in [0.15, 0.2) is 29.6 Å². The highest BCUT2D eigenvalue weighted by Gasteiger charge is 2.01. The molecule has 0 aliphatic rings. The molecule has 0 saturated carbocycles. The van der Waals surface area contributed by atoms with Crippen molar-refractivity contribution in [2.45, 2.75) is 12.8 Å². The molecule has 0 aliphatic heterocycles. The first-order chi connectivity index (χ1) is 7.92. The zero-order valence-corrected chi connectivity index (χ0v) is 10.0. The second-order valence-electron chi connectivity index (χ2n) is 3.70. The summed E-state index contributed by atoms with van der Waals surface area (Å²) in [6.07, 6.45) is 1.67. The molecule has 3 heteroatoms. The Balaban J connectivity index is 1.91. The summed E-state index contributed by atoms with van der Waals surface area (Å²) < 4.78 is 6.82. The number of benzene rings is 1. The van der Waals surface area contributed by atoms with Gasteiger partial charge in [-0.15, -0.1) is 11.3 Å². The molecule has 0 atom stereocenters. The van der Waals surface area contributed by atoms with Crippen molar-refractivity contribution in [3.05, 3.63) is 35.2 Å². The third-order valence-corrected chi connectivity index (χ3v) is 3.53. The SMILES string of the molecule is OCCCOCCc1cccc2ccsc12. The predicted octanol–water partition coefficient (Wildman–Crippen LogP) is 2.84. The van der Waals surface area contributed by atoms with Crippen molar-refractivity contribution in [1.29, 1.82) is 0 Å². The Morgan fingerprint density at radius 1 is 1.19 bits per heavy atom. The molecular formula is C13H16O2S. The van der Waals surface area contributed by atoms with Crippen LogP contribution in [-0.2, 0) is 11.2 Å².